The van der Waals surface area contributed by atoms with Crippen molar-refractivity contribution in [1.29, 1.82) is 0 Å². The maximum atomic E-state index is 12.6. The van der Waals surface area contributed by atoms with Gasteiger partial charge in [-0.05, 0) is 30.7 Å². The van der Waals surface area contributed by atoms with Gasteiger partial charge >= 0.3 is 0 Å². The molecule has 28 heavy (non-hydrogen) atoms. The first-order chi connectivity index (χ1) is 13.6. The van der Waals surface area contributed by atoms with Crippen LogP contribution < -0.4 is 0 Å². The van der Waals surface area contributed by atoms with E-state index in [1.165, 1.54) is 0 Å². The first-order valence-corrected chi connectivity index (χ1v) is 9.93. The van der Waals surface area contributed by atoms with Gasteiger partial charge in [0, 0.05) is 42.3 Å². The molecular formula is C22H23ClN4O. The number of benzene rings is 2. The summed E-state index contributed by atoms with van der Waals surface area (Å²) in [5.41, 5.74) is 3.00. The lowest BCUT2D eigenvalue weighted by atomic mass is 10.1. The zero-order valence-electron chi connectivity index (χ0n) is 15.9. The van der Waals surface area contributed by atoms with Crippen LogP contribution in [0.1, 0.15) is 17.1 Å². The summed E-state index contributed by atoms with van der Waals surface area (Å²) in [5.74, 6) is 1.01. The number of fused-ring (bicyclic) bond motifs is 1. The summed E-state index contributed by atoms with van der Waals surface area (Å²) in [7, 11) is 0. The number of carbonyl (C=O) groups is 1. The van der Waals surface area contributed by atoms with Crippen molar-refractivity contribution in [2.75, 3.05) is 26.2 Å². The standard InChI is InChI=1S/C22H23ClN4O/c1-16-19-4-2-3-5-20(19)25-21(24-16)15-26-10-12-27(13-11-26)22(28)14-17-6-8-18(23)9-7-17/h2-9H,10-15H2,1H3. The molecule has 5 nitrogen and oxygen atoms in total. The fourth-order valence-electron chi connectivity index (χ4n) is 3.61. The maximum absolute atomic E-state index is 12.6. The molecule has 2 aromatic carbocycles. The number of hydrogen-bond donors (Lipinski definition) is 0. The summed E-state index contributed by atoms with van der Waals surface area (Å²) in [6.45, 7) is 5.88. The second-order valence-electron chi connectivity index (χ2n) is 7.20. The fourth-order valence-corrected chi connectivity index (χ4v) is 3.74. The maximum Gasteiger partial charge on any atom is 0.227 e. The highest BCUT2D eigenvalue weighted by molar-refractivity contribution is 6.30. The van der Waals surface area contributed by atoms with E-state index in [9.17, 15) is 4.79 Å². The third-order valence-corrected chi connectivity index (χ3v) is 5.45. The van der Waals surface area contributed by atoms with E-state index in [2.05, 4.69) is 16.0 Å². The van der Waals surface area contributed by atoms with Crippen molar-refractivity contribution in [3.63, 3.8) is 0 Å². The van der Waals surface area contributed by atoms with Crippen molar-refractivity contribution >= 4 is 28.4 Å². The number of hydrogen-bond acceptors (Lipinski definition) is 4. The summed E-state index contributed by atoms with van der Waals surface area (Å²) < 4.78 is 0. The lowest BCUT2D eigenvalue weighted by molar-refractivity contribution is -0.132. The molecule has 1 amide bonds. The van der Waals surface area contributed by atoms with Crippen LogP contribution in [0, 0.1) is 6.92 Å². The molecule has 0 N–H and O–H groups in total. The molecule has 0 unspecified atom stereocenters. The van der Waals surface area contributed by atoms with Gasteiger partial charge in [0.2, 0.25) is 5.91 Å². The van der Waals surface area contributed by atoms with E-state index < -0.39 is 0 Å². The molecule has 1 aliphatic heterocycles. The Morgan fingerprint density at radius 2 is 1.71 bits per heavy atom. The van der Waals surface area contributed by atoms with Gasteiger partial charge in [0.25, 0.3) is 0 Å². The second-order valence-corrected chi connectivity index (χ2v) is 7.64. The number of aromatic nitrogens is 2. The molecule has 144 valence electrons. The molecule has 3 aromatic rings. The molecule has 0 aliphatic carbocycles. The van der Waals surface area contributed by atoms with E-state index in [1.807, 2.05) is 54.3 Å². The lowest BCUT2D eigenvalue weighted by Gasteiger charge is -2.34. The van der Waals surface area contributed by atoms with E-state index in [0.717, 1.165) is 54.2 Å². The molecule has 0 bridgehead atoms. The van der Waals surface area contributed by atoms with Gasteiger partial charge in [-0.3, -0.25) is 9.69 Å². The van der Waals surface area contributed by atoms with Crippen molar-refractivity contribution in [3.05, 3.63) is 70.6 Å². The first kappa shape index (κ1) is 18.8. The topological polar surface area (TPSA) is 49.3 Å². The van der Waals surface area contributed by atoms with Gasteiger partial charge in [-0.25, -0.2) is 9.97 Å². The van der Waals surface area contributed by atoms with E-state index in [4.69, 9.17) is 16.6 Å². The summed E-state index contributed by atoms with van der Waals surface area (Å²) in [6.07, 6.45) is 0.421. The van der Waals surface area contributed by atoms with Crippen LogP contribution in [0.15, 0.2) is 48.5 Å². The highest BCUT2D eigenvalue weighted by atomic mass is 35.5. The quantitative estimate of drug-likeness (QED) is 0.679. The minimum atomic E-state index is 0.166. The smallest absolute Gasteiger partial charge is 0.227 e. The zero-order valence-corrected chi connectivity index (χ0v) is 16.7. The van der Waals surface area contributed by atoms with E-state index in [-0.39, 0.29) is 5.91 Å². The molecule has 0 saturated carbocycles. The SMILES string of the molecule is Cc1nc(CN2CCN(C(=O)Cc3ccc(Cl)cc3)CC2)nc2ccccc12. The number of rotatable bonds is 4. The van der Waals surface area contributed by atoms with Gasteiger partial charge < -0.3 is 4.90 Å². The van der Waals surface area contributed by atoms with E-state index in [0.29, 0.717) is 18.0 Å². The largest absolute Gasteiger partial charge is 0.340 e. The van der Waals surface area contributed by atoms with Crippen molar-refractivity contribution in [3.8, 4) is 0 Å². The summed E-state index contributed by atoms with van der Waals surface area (Å²) in [6, 6.07) is 15.6. The predicted octanol–water partition coefficient (Wildman–Crippen LogP) is 3.48. The van der Waals surface area contributed by atoms with Crippen molar-refractivity contribution in [1.82, 2.24) is 19.8 Å². The van der Waals surface area contributed by atoms with Gasteiger partial charge in [0.05, 0.1) is 18.5 Å². The minimum Gasteiger partial charge on any atom is -0.340 e. The third-order valence-electron chi connectivity index (χ3n) is 5.20. The summed E-state index contributed by atoms with van der Waals surface area (Å²) >= 11 is 5.91. The first-order valence-electron chi connectivity index (χ1n) is 9.55. The highest BCUT2D eigenvalue weighted by Gasteiger charge is 2.22. The Morgan fingerprint density at radius 3 is 2.46 bits per heavy atom. The molecule has 1 aliphatic rings. The van der Waals surface area contributed by atoms with Crippen molar-refractivity contribution in [2.24, 2.45) is 0 Å². The van der Waals surface area contributed by atoms with Crippen LogP contribution in [0.25, 0.3) is 10.9 Å². The Morgan fingerprint density at radius 1 is 1.00 bits per heavy atom. The fraction of sp³-hybridized carbons (Fsp3) is 0.318. The van der Waals surface area contributed by atoms with Crippen LogP contribution in [-0.4, -0.2) is 51.9 Å². The van der Waals surface area contributed by atoms with E-state index >= 15 is 0 Å². The molecule has 1 saturated heterocycles. The molecule has 1 fully saturated rings. The predicted molar refractivity (Wildman–Crippen MR) is 111 cm³/mol. The molecular weight excluding hydrogens is 372 g/mol. The Hall–Kier alpha value is -2.50. The normalized spacial score (nSPS) is 15.1. The second kappa shape index (κ2) is 8.25. The van der Waals surface area contributed by atoms with Gasteiger partial charge in [-0.15, -0.1) is 0 Å². The van der Waals surface area contributed by atoms with Crippen LogP contribution in [0.3, 0.4) is 0 Å². The molecule has 2 heterocycles. The zero-order chi connectivity index (χ0) is 19.5. The Balaban J connectivity index is 1.34. The monoisotopic (exact) mass is 394 g/mol. The van der Waals surface area contributed by atoms with Crippen LogP contribution >= 0.6 is 11.6 Å². The van der Waals surface area contributed by atoms with E-state index in [1.54, 1.807) is 0 Å². The number of carbonyl (C=O) groups excluding carboxylic acids is 1. The number of amides is 1. The minimum absolute atomic E-state index is 0.166. The third kappa shape index (κ3) is 4.32. The van der Waals surface area contributed by atoms with Crippen LogP contribution in [-0.2, 0) is 17.8 Å². The van der Waals surface area contributed by atoms with Crippen molar-refractivity contribution < 1.29 is 4.79 Å². The molecule has 1 aromatic heterocycles. The average Bonchev–Trinajstić information content (AvgIpc) is 2.70. The molecule has 0 radical (unpaired) electrons. The number of para-hydroxylation sites is 1. The van der Waals surface area contributed by atoms with Crippen LogP contribution in [0.2, 0.25) is 5.02 Å². The number of nitrogens with zero attached hydrogens (tertiary/aromatic N) is 4. The van der Waals surface area contributed by atoms with Crippen molar-refractivity contribution in [2.45, 2.75) is 19.9 Å². The van der Waals surface area contributed by atoms with Gasteiger partial charge in [-0.1, -0.05) is 41.9 Å². The Labute approximate surface area is 170 Å². The van der Waals surface area contributed by atoms with Crippen LogP contribution in [0.5, 0.6) is 0 Å². The molecule has 0 spiro atoms. The Bertz CT molecular complexity index is 981. The molecule has 4 rings (SSSR count). The average molecular weight is 395 g/mol. The van der Waals surface area contributed by atoms with Crippen LogP contribution in [0.4, 0.5) is 0 Å². The lowest BCUT2D eigenvalue weighted by Crippen LogP contribution is -2.48. The van der Waals surface area contributed by atoms with Gasteiger partial charge in [0.1, 0.15) is 5.82 Å². The number of halogens is 1. The summed E-state index contributed by atoms with van der Waals surface area (Å²) in [5, 5.41) is 1.79. The number of aryl methyl sites for hydroxylation is 1. The number of piperazine rings is 1. The van der Waals surface area contributed by atoms with Gasteiger partial charge in [-0.2, -0.15) is 0 Å². The molecule has 6 heteroatoms. The Kier molecular flexibility index (Phi) is 5.55. The highest BCUT2D eigenvalue weighted by Crippen LogP contribution is 2.16. The molecule has 0 atom stereocenters. The van der Waals surface area contributed by atoms with Gasteiger partial charge in [0.15, 0.2) is 0 Å². The summed E-state index contributed by atoms with van der Waals surface area (Å²) in [4.78, 5) is 26.2.